The van der Waals surface area contributed by atoms with Crippen LogP contribution >= 0.6 is 23.2 Å². The summed E-state index contributed by atoms with van der Waals surface area (Å²) in [6.07, 6.45) is 3.78. The van der Waals surface area contributed by atoms with Gasteiger partial charge in [-0.1, -0.05) is 23.2 Å². The van der Waals surface area contributed by atoms with E-state index < -0.39 is 28.8 Å². The van der Waals surface area contributed by atoms with Gasteiger partial charge in [-0.05, 0) is 55.2 Å². The van der Waals surface area contributed by atoms with Crippen molar-refractivity contribution in [3.05, 3.63) is 95.7 Å². The molecule has 0 unspecified atom stereocenters. The van der Waals surface area contributed by atoms with E-state index in [1.807, 2.05) is 6.07 Å². The third-order valence-corrected chi connectivity index (χ3v) is 9.44. The summed E-state index contributed by atoms with van der Waals surface area (Å²) in [6, 6.07) is 6.09. The first-order valence-corrected chi connectivity index (χ1v) is 15.8. The minimum atomic E-state index is -0.939. The van der Waals surface area contributed by atoms with Crippen molar-refractivity contribution >= 4 is 40.7 Å². The molecule has 3 N–H and O–H groups in total. The molecule has 3 heterocycles. The number of rotatable bonds is 8. The van der Waals surface area contributed by atoms with E-state index in [4.69, 9.17) is 27.9 Å². The van der Waals surface area contributed by atoms with Gasteiger partial charge in [-0.3, -0.25) is 19.0 Å². The minimum Gasteiger partial charge on any atom is -0.481 e. The van der Waals surface area contributed by atoms with Crippen LogP contribution in [0.15, 0.2) is 46.1 Å². The normalized spacial score (nSPS) is 16.9. The maximum absolute atomic E-state index is 15.3. The van der Waals surface area contributed by atoms with Crippen LogP contribution in [0.1, 0.15) is 46.8 Å². The molecule has 2 aliphatic rings. The number of ether oxygens (including phenoxy) is 1. The van der Waals surface area contributed by atoms with Crippen LogP contribution in [0.5, 0.6) is 5.88 Å². The highest BCUT2D eigenvalue weighted by molar-refractivity contribution is 6.39. The smallest absolute Gasteiger partial charge is 0.330 e. The van der Waals surface area contributed by atoms with Gasteiger partial charge in [0.1, 0.15) is 17.2 Å². The molecule has 2 aromatic heterocycles. The van der Waals surface area contributed by atoms with Gasteiger partial charge in [0.2, 0.25) is 11.8 Å². The summed E-state index contributed by atoms with van der Waals surface area (Å²) in [6.45, 7) is 0.596. The Kier molecular flexibility index (Phi) is 9.12. The molecule has 1 fully saturated rings. The van der Waals surface area contributed by atoms with Crippen molar-refractivity contribution in [1.82, 2.24) is 24.8 Å². The zero-order valence-electron chi connectivity index (χ0n) is 26.0. The average molecular weight is 700 g/mol. The van der Waals surface area contributed by atoms with Gasteiger partial charge >= 0.3 is 5.69 Å². The molecule has 15 heteroatoms. The van der Waals surface area contributed by atoms with Crippen LogP contribution < -0.4 is 31.9 Å². The number of aromatic nitrogens is 3. The number of aryl methyl sites for hydroxylation is 2. The lowest BCUT2D eigenvalue weighted by Gasteiger charge is -2.20. The third-order valence-electron chi connectivity index (χ3n) is 8.63. The van der Waals surface area contributed by atoms with Crippen molar-refractivity contribution < 1.29 is 23.1 Å². The van der Waals surface area contributed by atoms with Gasteiger partial charge in [0.25, 0.3) is 11.5 Å². The van der Waals surface area contributed by atoms with Gasteiger partial charge < -0.3 is 25.3 Å². The van der Waals surface area contributed by atoms with E-state index in [1.54, 1.807) is 0 Å². The van der Waals surface area contributed by atoms with Crippen LogP contribution in [-0.4, -0.2) is 45.6 Å². The highest BCUT2D eigenvalue weighted by atomic mass is 35.5. The van der Waals surface area contributed by atoms with Crippen LogP contribution in [-0.2, 0) is 25.3 Å². The van der Waals surface area contributed by atoms with Crippen LogP contribution in [0.4, 0.5) is 14.5 Å². The van der Waals surface area contributed by atoms with Crippen LogP contribution in [0, 0.1) is 11.6 Å². The number of hydrogen-bond acceptors (Lipinski definition) is 7. The van der Waals surface area contributed by atoms with E-state index in [0.29, 0.717) is 31.0 Å². The standard InChI is InChI=1S/C33H30Cl2F2N6O5/c1-42-14-22(32(46)43(2)33(42)47)30(45)40-25-12-17(37)10-20(29(25)35)19-9-16(36)11-21(28(19)34)24-8-15-4-6-23(27(15)31(41-24)48-3)38-13-18-5-7-26(44)39-18/h8-12,14,18,23,38H,4-7,13H2,1-3H3,(H,39,44)(H,40,45)/t18-,23-/m0/s1. The molecule has 11 nitrogen and oxygen atoms in total. The average Bonchev–Trinajstić information content (AvgIpc) is 3.68. The maximum Gasteiger partial charge on any atom is 0.330 e. The van der Waals surface area contributed by atoms with Gasteiger partial charge in [0, 0.05) is 67.6 Å². The highest BCUT2D eigenvalue weighted by Gasteiger charge is 2.31. The zero-order chi connectivity index (χ0) is 34.4. The van der Waals surface area contributed by atoms with Gasteiger partial charge in [-0.25, -0.2) is 18.6 Å². The molecule has 1 aliphatic carbocycles. The second-order valence-electron chi connectivity index (χ2n) is 11.8. The molecule has 1 saturated heterocycles. The van der Waals surface area contributed by atoms with E-state index in [9.17, 15) is 19.2 Å². The number of halogens is 4. The Balaban J connectivity index is 1.35. The molecule has 48 heavy (non-hydrogen) atoms. The van der Waals surface area contributed by atoms with Crippen LogP contribution in [0.25, 0.3) is 22.4 Å². The van der Waals surface area contributed by atoms with Crippen molar-refractivity contribution in [2.24, 2.45) is 14.1 Å². The molecule has 4 aromatic rings. The van der Waals surface area contributed by atoms with Crippen molar-refractivity contribution in [3.8, 4) is 28.3 Å². The molecule has 1 aliphatic heterocycles. The Labute approximate surface area is 282 Å². The summed E-state index contributed by atoms with van der Waals surface area (Å²) < 4.78 is 37.8. The maximum atomic E-state index is 15.3. The lowest BCUT2D eigenvalue weighted by Crippen LogP contribution is -2.40. The van der Waals surface area contributed by atoms with Crippen molar-refractivity contribution in [3.63, 3.8) is 0 Å². The molecular weight excluding hydrogens is 669 g/mol. The van der Waals surface area contributed by atoms with Crippen molar-refractivity contribution in [2.45, 2.75) is 37.8 Å². The molecule has 0 bridgehead atoms. The Hall–Kier alpha value is -4.59. The first kappa shape index (κ1) is 33.3. The highest BCUT2D eigenvalue weighted by Crippen LogP contribution is 2.45. The number of carbonyl (C=O) groups excluding carboxylic acids is 2. The van der Waals surface area contributed by atoms with Gasteiger partial charge in [-0.15, -0.1) is 0 Å². The predicted octanol–water partition coefficient (Wildman–Crippen LogP) is 4.51. The molecule has 250 valence electrons. The molecular formula is C33H30Cl2F2N6O5. The number of nitrogens with one attached hydrogen (secondary N) is 3. The first-order valence-electron chi connectivity index (χ1n) is 15.0. The zero-order valence-corrected chi connectivity index (χ0v) is 27.6. The molecule has 2 aromatic carbocycles. The number of carbonyl (C=O) groups is 2. The Morgan fingerprint density at radius 1 is 1.00 bits per heavy atom. The van der Waals surface area contributed by atoms with Gasteiger partial charge in [0.05, 0.1) is 28.5 Å². The second kappa shape index (κ2) is 13.1. The Morgan fingerprint density at radius 2 is 1.69 bits per heavy atom. The van der Waals surface area contributed by atoms with Crippen LogP contribution in [0.2, 0.25) is 10.0 Å². The number of methoxy groups -OCH3 is 1. The van der Waals surface area contributed by atoms with E-state index in [2.05, 4.69) is 20.9 Å². The monoisotopic (exact) mass is 698 g/mol. The third kappa shape index (κ3) is 6.20. The van der Waals surface area contributed by atoms with Crippen molar-refractivity contribution in [2.75, 3.05) is 19.0 Å². The fourth-order valence-corrected chi connectivity index (χ4v) is 6.79. The number of anilines is 1. The minimum absolute atomic E-state index is 0.0206. The molecule has 6 rings (SSSR count). The Bertz CT molecular complexity index is 2120. The van der Waals surface area contributed by atoms with Gasteiger partial charge in [0.15, 0.2) is 0 Å². The summed E-state index contributed by atoms with van der Waals surface area (Å²) in [5.74, 6) is -2.09. The summed E-state index contributed by atoms with van der Waals surface area (Å²) in [7, 11) is 4.08. The number of fused-ring (bicyclic) bond motifs is 1. The topological polar surface area (TPSA) is 136 Å². The summed E-state index contributed by atoms with van der Waals surface area (Å²) in [5.41, 5.74) is 0.264. The number of nitrogens with zero attached hydrogens (tertiary/aromatic N) is 3. The number of benzene rings is 2. The Morgan fingerprint density at radius 3 is 2.38 bits per heavy atom. The summed E-state index contributed by atoms with van der Waals surface area (Å²) in [5, 5.41) is 8.72. The second-order valence-corrected chi connectivity index (χ2v) is 12.5. The molecule has 0 saturated carbocycles. The number of amides is 2. The van der Waals surface area contributed by atoms with E-state index in [-0.39, 0.29) is 56.0 Å². The number of hydrogen-bond donors (Lipinski definition) is 3. The van der Waals surface area contributed by atoms with E-state index >= 15 is 8.78 Å². The quantitative estimate of drug-likeness (QED) is 0.246. The molecule has 0 spiro atoms. The fraction of sp³-hybridized carbons (Fsp3) is 0.303. The molecule has 2 amide bonds. The largest absolute Gasteiger partial charge is 0.481 e. The summed E-state index contributed by atoms with van der Waals surface area (Å²) >= 11 is 13.5. The van der Waals surface area contributed by atoms with E-state index in [0.717, 1.165) is 57.5 Å². The van der Waals surface area contributed by atoms with E-state index in [1.165, 1.54) is 27.3 Å². The van der Waals surface area contributed by atoms with Crippen molar-refractivity contribution in [1.29, 1.82) is 0 Å². The first-order chi connectivity index (χ1) is 22.9. The van der Waals surface area contributed by atoms with Crippen LogP contribution in [0.3, 0.4) is 0 Å². The fourth-order valence-electron chi connectivity index (χ4n) is 6.22. The lowest BCUT2D eigenvalue weighted by atomic mass is 9.98. The lowest BCUT2D eigenvalue weighted by molar-refractivity contribution is -0.119. The predicted molar refractivity (Wildman–Crippen MR) is 177 cm³/mol. The number of pyridine rings is 1. The SMILES string of the molecule is COc1nc(-c2cc(F)cc(-c3cc(F)cc(NC(=O)c4cn(C)c(=O)n(C)c4=O)c3Cl)c2Cl)cc2c1[C@@H](NC[C@@H]1CCC(=O)N1)CC2. The molecule has 2 atom stereocenters. The van der Waals surface area contributed by atoms with Gasteiger partial charge in [-0.2, -0.15) is 0 Å². The molecule has 0 radical (unpaired) electrons. The summed E-state index contributed by atoms with van der Waals surface area (Å²) in [4.78, 5) is 54.0.